The number of hydrogen-bond acceptors (Lipinski definition) is 4. The topological polar surface area (TPSA) is 56.1 Å². The van der Waals surface area contributed by atoms with Crippen LogP contribution in [0.25, 0.3) is 0 Å². The molecule has 4 rings (SSSR count). The number of thiophene rings is 1. The molecule has 2 heterocycles. The lowest BCUT2D eigenvalue weighted by molar-refractivity contribution is -0.137. The number of carbonyl (C=O) groups is 1. The fourth-order valence-electron chi connectivity index (χ4n) is 3.63. The maximum absolute atomic E-state index is 12.7. The molecule has 0 atom stereocenters. The van der Waals surface area contributed by atoms with E-state index in [1.807, 2.05) is 18.2 Å². The first kappa shape index (κ1) is 23.8. The van der Waals surface area contributed by atoms with Crippen LogP contribution in [0.3, 0.4) is 0 Å². The molecule has 0 radical (unpaired) electrons. The summed E-state index contributed by atoms with van der Waals surface area (Å²) >= 11 is 1.36. The molecule has 2 aromatic carbocycles. The number of anilines is 1. The first-order valence-corrected chi connectivity index (χ1v) is 10.5. The van der Waals surface area contributed by atoms with Crippen molar-refractivity contribution in [2.45, 2.75) is 25.7 Å². The molecule has 4 nitrogen and oxygen atoms in total. The molecule has 1 N–H and O–H groups in total. The molecular weight excluding hydrogens is 459 g/mol. The minimum Gasteiger partial charge on any atom is -0.312 e. The lowest BCUT2D eigenvalue weighted by atomic mass is 10.0. The summed E-state index contributed by atoms with van der Waals surface area (Å²) in [7, 11) is 0. The fourth-order valence-corrected chi connectivity index (χ4v) is 4.86. The molecule has 1 aromatic heterocycles. The molecule has 0 aliphatic carbocycles. The van der Waals surface area contributed by atoms with Gasteiger partial charge in [0.1, 0.15) is 11.1 Å². The third-order valence-corrected chi connectivity index (χ3v) is 6.33. The van der Waals surface area contributed by atoms with Crippen molar-refractivity contribution in [1.82, 2.24) is 4.90 Å². The summed E-state index contributed by atoms with van der Waals surface area (Å²) in [5, 5.41) is 12.8. The number of carbonyl (C=O) groups excluding carboxylic acids is 1. The second kappa shape index (κ2) is 9.74. The minimum atomic E-state index is -4.46. The van der Waals surface area contributed by atoms with Crippen LogP contribution in [0.4, 0.5) is 18.2 Å². The van der Waals surface area contributed by atoms with Crippen LogP contribution in [0.5, 0.6) is 0 Å². The number of benzene rings is 2. The smallest absolute Gasteiger partial charge is 0.312 e. The second-order valence-corrected chi connectivity index (χ2v) is 8.40. The minimum absolute atomic E-state index is 0. The monoisotopic (exact) mass is 477 g/mol. The maximum atomic E-state index is 12.7. The van der Waals surface area contributed by atoms with E-state index in [1.165, 1.54) is 16.9 Å². The van der Waals surface area contributed by atoms with Crippen molar-refractivity contribution in [2.75, 3.05) is 11.9 Å². The summed E-state index contributed by atoms with van der Waals surface area (Å²) < 4.78 is 38.2. The highest BCUT2D eigenvalue weighted by Gasteiger charge is 2.30. The van der Waals surface area contributed by atoms with E-state index in [0.29, 0.717) is 23.5 Å². The van der Waals surface area contributed by atoms with Crippen LogP contribution in [-0.2, 0) is 25.7 Å². The van der Waals surface area contributed by atoms with E-state index in [9.17, 15) is 23.2 Å². The normalized spacial score (nSPS) is 13.6. The first-order chi connectivity index (χ1) is 14.8. The molecule has 1 aliphatic rings. The van der Waals surface area contributed by atoms with Crippen molar-refractivity contribution >= 4 is 34.7 Å². The molecule has 9 heteroatoms. The Morgan fingerprint density at radius 1 is 1.12 bits per heavy atom. The zero-order valence-electron chi connectivity index (χ0n) is 16.8. The highest BCUT2D eigenvalue weighted by Crippen LogP contribution is 2.37. The number of amides is 1. The van der Waals surface area contributed by atoms with Crippen LogP contribution in [-0.4, -0.2) is 17.4 Å². The Balaban J connectivity index is 0.00000289. The number of fused-ring (bicyclic) bond motifs is 1. The maximum Gasteiger partial charge on any atom is 0.416 e. The van der Waals surface area contributed by atoms with Gasteiger partial charge in [-0.15, -0.1) is 23.7 Å². The highest BCUT2D eigenvalue weighted by atomic mass is 35.5. The summed E-state index contributed by atoms with van der Waals surface area (Å²) in [5.74, 6) is -0.537. The molecule has 0 saturated carbocycles. The highest BCUT2D eigenvalue weighted by molar-refractivity contribution is 7.16. The Labute approximate surface area is 193 Å². The van der Waals surface area contributed by atoms with Crippen molar-refractivity contribution in [3.63, 3.8) is 0 Å². The van der Waals surface area contributed by atoms with Crippen molar-refractivity contribution in [3.05, 3.63) is 87.3 Å². The summed E-state index contributed by atoms with van der Waals surface area (Å²) in [6.07, 6.45) is -3.75. The molecule has 0 spiro atoms. The van der Waals surface area contributed by atoms with Gasteiger partial charge in [0.15, 0.2) is 0 Å². The zero-order chi connectivity index (χ0) is 22.0. The van der Waals surface area contributed by atoms with Gasteiger partial charge < -0.3 is 5.32 Å². The molecule has 0 unspecified atom stereocenters. The average molecular weight is 478 g/mol. The predicted octanol–water partition coefficient (Wildman–Crippen LogP) is 5.87. The lowest BCUT2D eigenvalue weighted by Gasteiger charge is -2.26. The summed E-state index contributed by atoms with van der Waals surface area (Å²) in [6.45, 7) is 2.28. The van der Waals surface area contributed by atoms with Gasteiger partial charge >= 0.3 is 6.18 Å². The number of rotatable bonds is 4. The van der Waals surface area contributed by atoms with Crippen molar-refractivity contribution < 1.29 is 18.0 Å². The molecule has 0 fully saturated rings. The summed E-state index contributed by atoms with van der Waals surface area (Å²) in [4.78, 5) is 15.9. The second-order valence-electron chi connectivity index (χ2n) is 7.30. The first-order valence-electron chi connectivity index (χ1n) is 9.64. The Bertz CT molecular complexity index is 1140. The van der Waals surface area contributed by atoms with Crippen LogP contribution >= 0.6 is 23.7 Å². The van der Waals surface area contributed by atoms with E-state index in [4.69, 9.17) is 0 Å². The van der Waals surface area contributed by atoms with E-state index in [2.05, 4.69) is 28.4 Å². The number of alkyl halides is 3. The van der Waals surface area contributed by atoms with Crippen LogP contribution in [0.2, 0.25) is 0 Å². The van der Waals surface area contributed by atoms with Gasteiger partial charge in [0.05, 0.1) is 11.1 Å². The quantitative estimate of drug-likeness (QED) is 0.511. The standard InChI is InChI=1S/C23H18F3N3OS.ClH/c24-23(25,26)17-8-6-16(7-9-17)21(30)28-22-19(12-27)18-10-11-29(14-20(18)31-22)13-15-4-2-1-3-5-15;/h1-9H,10-11,13-14H2,(H,28,30);1H. The van der Waals surface area contributed by atoms with Gasteiger partial charge in [0.25, 0.3) is 5.91 Å². The third kappa shape index (κ3) is 5.13. The van der Waals surface area contributed by atoms with Gasteiger partial charge in [-0.2, -0.15) is 18.4 Å². The van der Waals surface area contributed by atoms with E-state index < -0.39 is 17.6 Å². The number of halogens is 4. The average Bonchev–Trinajstić information content (AvgIpc) is 3.10. The third-order valence-electron chi connectivity index (χ3n) is 5.20. The Kier molecular flexibility index (Phi) is 7.24. The summed E-state index contributed by atoms with van der Waals surface area (Å²) in [5.41, 5.74) is 1.89. The Hall–Kier alpha value is -2.86. The molecule has 166 valence electrons. The van der Waals surface area contributed by atoms with E-state index >= 15 is 0 Å². The molecular formula is C23H19ClF3N3OS. The number of hydrogen-bond donors (Lipinski definition) is 1. The number of nitrogens with zero attached hydrogens (tertiary/aromatic N) is 2. The Morgan fingerprint density at radius 2 is 1.81 bits per heavy atom. The van der Waals surface area contributed by atoms with Crippen molar-refractivity contribution in [2.24, 2.45) is 0 Å². The SMILES string of the molecule is Cl.N#Cc1c(NC(=O)c2ccc(C(F)(F)F)cc2)sc2c1CCN(Cc1ccccc1)C2. The predicted molar refractivity (Wildman–Crippen MR) is 120 cm³/mol. The van der Waals surface area contributed by atoms with Gasteiger partial charge in [0.2, 0.25) is 0 Å². The van der Waals surface area contributed by atoms with Crippen molar-refractivity contribution in [1.29, 1.82) is 5.26 Å². The van der Waals surface area contributed by atoms with Crippen LogP contribution in [0, 0.1) is 11.3 Å². The van der Waals surface area contributed by atoms with Gasteiger partial charge in [-0.25, -0.2) is 0 Å². The van der Waals surface area contributed by atoms with Crippen LogP contribution in [0.1, 0.15) is 37.5 Å². The van der Waals surface area contributed by atoms with Gasteiger partial charge in [-0.05, 0) is 41.8 Å². The largest absolute Gasteiger partial charge is 0.416 e. The van der Waals surface area contributed by atoms with Gasteiger partial charge in [-0.3, -0.25) is 9.69 Å². The molecule has 0 saturated heterocycles. The molecule has 1 aliphatic heterocycles. The van der Waals surface area contributed by atoms with Crippen LogP contribution < -0.4 is 5.32 Å². The molecule has 0 bridgehead atoms. The van der Waals surface area contributed by atoms with Crippen LogP contribution in [0.15, 0.2) is 54.6 Å². The van der Waals surface area contributed by atoms with Gasteiger partial charge in [-0.1, -0.05) is 30.3 Å². The Morgan fingerprint density at radius 3 is 2.44 bits per heavy atom. The number of nitrogens with one attached hydrogen (secondary N) is 1. The number of nitriles is 1. The van der Waals surface area contributed by atoms with E-state index in [-0.39, 0.29) is 18.0 Å². The van der Waals surface area contributed by atoms with Crippen molar-refractivity contribution in [3.8, 4) is 6.07 Å². The molecule has 3 aromatic rings. The van der Waals surface area contributed by atoms with E-state index in [0.717, 1.165) is 47.8 Å². The zero-order valence-corrected chi connectivity index (χ0v) is 18.4. The lowest BCUT2D eigenvalue weighted by Crippen LogP contribution is -2.29. The summed E-state index contributed by atoms with van der Waals surface area (Å²) in [6, 6.07) is 16.3. The van der Waals surface area contributed by atoms with E-state index in [1.54, 1.807) is 0 Å². The fraction of sp³-hybridized carbons (Fsp3) is 0.217. The molecule has 1 amide bonds. The van der Waals surface area contributed by atoms with Gasteiger partial charge in [0, 0.05) is 30.1 Å². The molecule has 32 heavy (non-hydrogen) atoms.